The second kappa shape index (κ2) is 7.14. The van der Waals surface area contributed by atoms with Crippen LogP contribution in [0.4, 0.5) is 0 Å². The van der Waals surface area contributed by atoms with Gasteiger partial charge in [0.25, 0.3) is 0 Å². The summed E-state index contributed by atoms with van der Waals surface area (Å²) in [6.07, 6.45) is -2.84. The number of hydrogen-bond donors (Lipinski definition) is 3. The number of hydrogen-bond acceptors (Lipinski definition) is 5. The van der Waals surface area contributed by atoms with Crippen LogP contribution in [0, 0.1) is 0 Å². The third-order valence-electron chi connectivity index (χ3n) is 2.04. The normalized spacial score (nSPS) is 20.1. The molecule has 0 radical (unpaired) electrons. The lowest BCUT2D eigenvalue weighted by atomic mass is 10.1. The van der Waals surface area contributed by atoms with Crippen LogP contribution in [0.3, 0.4) is 0 Å². The number of methoxy groups -OCH3 is 1. The molecular formula is C9H20O5. The summed E-state index contributed by atoms with van der Waals surface area (Å²) in [6.45, 7) is 3.31. The van der Waals surface area contributed by atoms with Crippen LogP contribution in [0.25, 0.3) is 0 Å². The van der Waals surface area contributed by atoms with Gasteiger partial charge >= 0.3 is 0 Å². The first kappa shape index (κ1) is 13.8. The van der Waals surface area contributed by atoms with Crippen molar-refractivity contribution in [3.8, 4) is 0 Å². The first-order valence-corrected chi connectivity index (χ1v) is 4.66. The summed E-state index contributed by atoms with van der Waals surface area (Å²) in [4.78, 5) is 0. The average Bonchev–Trinajstić information content (AvgIpc) is 2.15. The van der Waals surface area contributed by atoms with Crippen molar-refractivity contribution in [3.05, 3.63) is 0 Å². The molecule has 0 fully saturated rings. The SMILES string of the molecule is COC(C(C)OCCO)C(O)C(C)O. The van der Waals surface area contributed by atoms with Crippen LogP contribution in [0.2, 0.25) is 0 Å². The summed E-state index contributed by atoms with van der Waals surface area (Å²) in [6, 6.07) is 0. The van der Waals surface area contributed by atoms with E-state index in [1.54, 1.807) is 6.92 Å². The third-order valence-corrected chi connectivity index (χ3v) is 2.04. The van der Waals surface area contributed by atoms with Crippen LogP contribution in [0.15, 0.2) is 0 Å². The van der Waals surface area contributed by atoms with Crippen LogP contribution in [0.5, 0.6) is 0 Å². The Morgan fingerprint density at radius 1 is 1.21 bits per heavy atom. The molecule has 86 valence electrons. The second-order valence-corrected chi connectivity index (χ2v) is 3.23. The third kappa shape index (κ3) is 4.34. The molecule has 0 rings (SSSR count). The molecule has 0 aromatic carbocycles. The molecule has 0 aliphatic rings. The maximum Gasteiger partial charge on any atom is 0.111 e. The van der Waals surface area contributed by atoms with E-state index in [4.69, 9.17) is 19.7 Å². The average molecular weight is 208 g/mol. The fourth-order valence-corrected chi connectivity index (χ4v) is 1.22. The molecule has 0 amide bonds. The van der Waals surface area contributed by atoms with Crippen molar-refractivity contribution in [2.75, 3.05) is 20.3 Å². The van der Waals surface area contributed by atoms with E-state index in [0.717, 1.165) is 0 Å². The van der Waals surface area contributed by atoms with Crippen LogP contribution < -0.4 is 0 Å². The first-order valence-electron chi connectivity index (χ1n) is 4.66. The number of aliphatic hydroxyl groups excluding tert-OH is 3. The van der Waals surface area contributed by atoms with Gasteiger partial charge in [-0.05, 0) is 13.8 Å². The monoisotopic (exact) mass is 208 g/mol. The summed E-state index contributed by atoms with van der Waals surface area (Å²) in [5, 5.41) is 27.2. The van der Waals surface area contributed by atoms with Crippen molar-refractivity contribution in [1.29, 1.82) is 0 Å². The first-order chi connectivity index (χ1) is 6.54. The molecule has 5 nitrogen and oxygen atoms in total. The predicted octanol–water partition coefficient (Wildman–Crippen LogP) is -0.860. The Labute approximate surface area is 84.3 Å². The largest absolute Gasteiger partial charge is 0.394 e. The van der Waals surface area contributed by atoms with E-state index in [0.29, 0.717) is 0 Å². The highest BCUT2D eigenvalue weighted by Crippen LogP contribution is 2.10. The smallest absolute Gasteiger partial charge is 0.111 e. The molecule has 0 aliphatic heterocycles. The molecule has 0 heterocycles. The fourth-order valence-electron chi connectivity index (χ4n) is 1.22. The van der Waals surface area contributed by atoms with Gasteiger partial charge in [-0.25, -0.2) is 0 Å². The molecule has 0 bridgehead atoms. The highest BCUT2D eigenvalue weighted by Gasteiger charge is 2.28. The standard InChI is InChI=1S/C9H20O5/c1-6(11)8(12)9(13-3)7(2)14-5-4-10/h6-12H,4-5H2,1-3H3. The van der Waals surface area contributed by atoms with E-state index in [9.17, 15) is 5.11 Å². The molecule has 0 aliphatic carbocycles. The van der Waals surface area contributed by atoms with Gasteiger partial charge in [-0.15, -0.1) is 0 Å². The summed E-state index contributed by atoms with van der Waals surface area (Å²) in [5.74, 6) is 0. The molecule has 14 heavy (non-hydrogen) atoms. The van der Waals surface area contributed by atoms with Crippen LogP contribution in [-0.4, -0.2) is 60.1 Å². The topological polar surface area (TPSA) is 79.2 Å². The zero-order valence-electron chi connectivity index (χ0n) is 8.88. The molecule has 0 saturated carbocycles. The van der Waals surface area contributed by atoms with E-state index < -0.39 is 18.3 Å². The van der Waals surface area contributed by atoms with Gasteiger partial charge in [-0.3, -0.25) is 0 Å². The van der Waals surface area contributed by atoms with Crippen molar-refractivity contribution in [1.82, 2.24) is 0 Å². The minimum absolute atomic E-state index is 0.0778. The van der Waals surface area contributed by atoms with Crippen LogP contribution >= 0.6 is 0 Å². The Morgan fingerprint density at radius 3 is 2.14 bits per heavy atom. The molecule has 3 N–H and O–H groups in total. The van der Waals surface area contributed by atoms with Gasteiger partial charge in [-0.2, -0.15) is 0 Å². The zero-order valence-corrected chi connectivity index (χ0v) is 8.88. The highest BCUT2D eigenvalue weighted by atomic mass is 16.5. The van der Waals surface area contributed by atoms with Crippen molar-refractivity contribution >= 4 is 0 Å². The molecule has 4 unspecified atom stereocenters. The molecule has 0 saturated heterocycles. The van der Waals surface area contributed by atoms with Crippen molar-refractivity contribution < 1.29 is 24.8 Å². The Bertz CT molecular complexity index is 139. The Kier molecular flexibility index (Phi) is 7.04. The fraction of sp³-hybridized carbons (Fsp3) is 1.00. The van der Waals surface area contributed by atoms with Crippen molar-refractivity contribution in [2.45, 2.75) is 38.3 Å². The van der Waals surface area contributed by atoms with Gasteiger partial charge in [0.05, 0.1) is 25.4 Å². The Morgan fingerprint density at radius 2 is 1.79 bits per heavy atom. The van der Waals surface area contributed by atoms with E-state index >= 15 is 0 Å². The van der Waals surface area contributed by atoms with E-state index in [2.05, 4.69) is 0 Å². The molecule has 4 atom stereocenters. The maximum absolute atomic E-state index is 9.54. The van der Waals surface area contributed by atoms with Gasteiger partial charge in [0.15, 0.2) is 0 Å². The molecule has 5 heteroatoms. The van der Waals surface area contributed by atoms with Crippen LogP contribution in [0.1, 0.15) is 13.8 Å². The van der Waals surface area contributed by atoms with Gasteiger partial charge < -0.3 is 24.8 Å². The van der Waals surface area contributed by atoms with Crippen LogP contribution in [-0.2, 0) is 9.47 Å². The van der Waals surface area contributed by atoms with Gasteiger partial charge in [0.2, 0.25) is 0 Å². The van der Waals surface area contributed by atoms with Crippen molar-refractivity contribution in [2.24, 2.45) is 0 Å². The zero-order chi connectivity index (χ0) is 11.1. The number of ether oxygens (including phenoxy) is 2. The lowest BCUT2D eigenvalue weighted by molar-refractivity contribution is -0.131. The van der Waals surface area contributed by atoms with E-state index in [1.807, 2.05) is 0 Å². The second-order valence-electron chi connectivity index (χ2n) is 3.23. The summed E-state index contributed by atoms with van der Waals surface area (Å²) in [5.41, 5.74) is 0. The Balaban J connectivity index is 4.10. The molecular weight excluding hydrogens is 188 g/mol. The summed E-state index contributed by atoms with van der Waals surface area (Å²) in [7, 11) is 1.44. The Hall–Kier alpha value is -0.200. The van der Waals surface area contributed by atoms with Crippen molar-refractivity contribution in [3.63, 3.8) is 0 Å². The molecule has 0 aromatic rings. The highest BCUT2D eigenvalue weighted by molar-refractivity contribution is 4.78. The maximum atomic E-state index is 9.54. The molecule has 0 aromatic heterocycles. The van der Waals surface area contributed by atoms with Gasteiger partial charge in [-0.1, -0.05) is 0 Å². The molecule has 0 spiro atoms. The number of rotatable bonds is 7. The van der Waals surface area contributed by atoms with E-state index in [-0.39, 0.29) is 19.3 Å². The lowest BCUT2D eigenvalue weighted by Crippen LogP contribution is -2.44. The minimum Gasteiger partial charge on any atom is -0.394 e. The van der Waals surface area contributed by atoms with Gasteiger partial charge in [0, 0.05) is 7.11 Å². The van der Waals surface area contributed by atoms with Gasteiger partial charge in [0.1, 0.15) is 12.2 Å². The minimum atomic E-state index is -0.992. The number of aliphatic hydroxyl groups is 3. The lowest BCUT2D eigenvalue weighted by Gasteiger charge is -2.28. The van der Waals surface area contributed by atoms with E-state index in [1.165, 1.54) is 14.0 Å². The quantitative estimate of drug-likeness (QED) is 0.507. The summed E-state index contributed by atoms with van der Waals surface area (Å²) >= 11 is 0. The predicted molar refractivity (Wildman–Crippen MR) is 51.0 cm³/mol. The summed E-state index contributed by atoms with van der Waals surface area (Å²) < 4.78 is 10.2.